The van der Waals surface area contributed by atoms with Crippen molar-refractivity contribution < 1.29 is 14.3 Å². The Bertz CT molecular complexity index is 962. The summed E-state index contributed by atoms with van der Waals surface area (Å²) in [6, 6.07) is 12.1. The van der Waals surface area contributed by atoms with Gasteiger partial charge >= 0.3 is 0 Å². The van der Waals surface area contributed by atoms with Crippen LogP contribution < -0.4 is 9.47 Å². The summed E-state index contributed by atoms with van der Waals surface area (Å²) in [5.74, 6) is 1.80. The highest BCUT2D eigenvalue weighted by Gasteiger charge is 2.35. The molecule has 2 aromatic rings. The molecule has 0 aromatic heterocycles. The minimum atomic E-state index is -0.0663. The van der Waals surface area contributed by atoms with Gasteiger partial charge in [-0.25, -0.2) is 0 Å². The lowest BCUT2D eigenvalue weighted by Crippen LogP contribution is -2.41. The van der Waals surface area contributed by atoms with Gasteiger partial charge in [-0.1, -0.05) is 53.4 Å². The van der Waals surface area contributed by atoms with Gasteiger partial charge in [-0.2, -0.15) is 0 Å². The lowest BCUT2D eigenvalue weighted by atomic mass is 9.93. The highest BCUT2D eigenvalue weighted by Crippen LogP contribution is 2.43. The molecule has 0 spiro atoms. The maximum Gasteiger partial charge on any atom is 0.231 e. The molecule has 1 aliphatic carbocycles. The zero-order valence-corrected chi connectivity index (χ0v) is 17.2. The molecule has 0 atom stereocenters. The zero-order valence-electron chi connectivity index (χ0n) is 15.6. The predicted molar refractivity (Wildman–Crippen MR) is 111 cm³/mol. The lowest BCUT2D eigenvalue weighted by molar-refractivity contribution is 0.0394. The number of carbonyl (C=O) groups excluding carboxylic acids is 1. The van der Waals surface area contributed by atoms with Gasteiger partial charge in [0.1, 0.15) is 18.2 Å². The predicted octanol–water partition coefficient (Wildman–Crippen LogP) is 5.55. The number of rotatable bonds is 2. The van der Waals surface area contributed by atoms with E-state index in [4.69, 9.17) is 9.47 Å². The second kappa shape index (κ2) is 7.37. The lowest BCUT2D eigenvalue weighted by Gasteiger charge is -2.37. The molecule has 5 heteroatoms. The van der Waals surface area contributed by atoms with E-state index in [2.05, 4.69) is 20.8 Å². The molecule has 0 unspecified atom stereocenters. The number of benzene rings is 2. The Morgan fingerprint density at radius 1 is 1.07 bits per heavy atom. The van der Waals surface area contributed by atoms with Gasteiger partial charge in [-0.05, 0) is 42.7 Å². The molecule has 0 bridgehead atoms. The number of allylic oxidation sites excluding steroid dienone is 1. The number of carbonyl (C=O) groups is 1. The molecule has 1 saturated carbocycles. The average Bonchev–Trinajstić information content (AvgIpc) is 3.06. The van der Waals surface area contributed by atoms with Crippen LogP contribution in [0.25, 0.3) is 6.08 Å². The molecule has 4 nitrogen and oxygen atoms in total. The highest BCUT2D eigenvalue weighted by atomic mass is 79.9. The summed E-state index contributed by atoms with van der Waals surface area (Å²) in [7, 11) is 0. The first-order valence-electron chi connectivity index (χ1n) is 9.92. The van der Waals surface area contributed by atoms with E-state index in [1.807, 2.05) is 36.4 Å². The van der Waals surface area contributed by atoms with Crippen molar-refractivity contribution in [2.24, 2.45) is 0 Å². The molecule has 0 saturated heterocycles. The minimum Gasteiger partial charge on any atom is -0.478 e. The SMILES string of the molecule is O=C1/C(=C/c2ccccc2Br)Oc2c1ccc1c2CN(C2CCCCC2)CO1. The summed E-state index contributed by atoms with van der Waals surface area (Å²) in [5.41, 5.74) is 2.55. The number of fused-ring (bicyclic) bond motifs is 3. The minimum absolute atomic E-state index is 0.0663. The summed E-state index contributed by atoms with van der Waals surface area (Å²) >= 11 is 3.53. The van der Waals surface area contributed by atoms with Gasteiger partial charge in [0.15, 0.2) is 5.76 Å². The van der Waals surface area contributed by atoms with Crippen LogP contribution in [0.1, 0.15) is 53.6 Å². The summed E-state index contributed by atoms with van der Waals surface area (Å²) < 4.78 is 13.1. The Kier molecular flexibility index (Phi) is 4.73. The van der Waals surface area contributed by atoms with E-state index < -0.39 is 0 Å². The maximum absolute atomic E-state index is 12.9. The zero-order chi connectivity index (χ0) is 19.1. The maximum atomic E-state index is 12.9. The van der Waals surface area contributed by atoms with Crippen LogP contribution in [0.15, 0.2) is 46.6 Å². The van der Waals surface area contributed by atoms with Crippen molar-refractivity contribution in [2.75, 3.05) is 6.73 Å². The molecular formula is C23H22BrNO3. The van der Waals surface area contributed by atoms with Gasteiger partial charge < -0.3 is 9.47 Å². The Morgan fingerprint density at radius 3 is 2.71 bits per heavy atom. The number of ketones is 1. The number of hydrogen-bond donors (Lipinski definition) is 0. The third-order valence-electron chi connectivity index (χ3n) is 5.93. The first-order valence-corrected chi connectivity index (χ1v) is 10.7. The van der Waals surface area contributed by atoms with Gasteiger partial charge in [0.05, 0.1) is 11.1 Å². The average molecular weight is 440 g/mol. The monoisotopic (exact) mass is 439 g/mol. The fraction of sp³-hybridized carbons (Fsp3) is 0.348. The van der Waals surface area contributed by atoms with Crippen LogP contribution in [-0.2, 0) is 6.54 Å². The fourth-order valence-corrected chi connectivity index (χ4v) is 4.79. The molecule has 28 heavy (non-hydrogen) atoms. The quantitative estimate of drug-likeness (QED) is 0.574. The number of halogens is 1. The molecule has 144 valence electrons. The van der Waals surface area contributed by atoms with Gasteiger partial charge in [-0.15, -0.1) is 0 Å². The first kappa shape index (κ1) is 18.0. The van der Waals surface area contributed by atoms with E-state index in [9.17, 15) is 4.79 Å². The van der Waals surface area contributed by atoms with Crippen molar-refractivity contribution in [1.82, 2.24) is 4.90 Å². The van der Waals surface area contributed by atoms with Gasteiger partial charge in [0.2, 0.25) is 5.78 Å². The standard InChI is InChI=1S/C23H22BrNO3/c24-19-9-5-4-6-15(19)12-21-22(26)17-10-11-20-18(23(17)28-21)13-25(14-27-20)16-7-2-1-3-8-16/h4-6,9-12,16H,1-3,7-8,13-14H2/b21-12-. The highest BCUT2D eigenvalue weighted by molar-refractivity contribution is 9.10. The van der Waals surface area contributed by atoms with Crippen LogP contribution in [0.2, 0.25) is 0 Å². The molecule has 0 N–H and O–H groups in total. The van der Waals surface area contributed by atoms with Gasteiger partial charge in [0.25, 0.3) is 0 Å². The van der Waals surface area contributed by atoms with E-state index in [0.717, 1.165) is 27.9 Å². The summed E-state index contributed by atoms with van der Waals surface area (Å²) in [4.78, 5) is 15.3. The summed E-state index contributed by atoms with van der Waals surface area (Å²) in [6.07, 6.45) is 8.16. The van der Waals surface area contributed by atoms with Crippen molar-refractivity contribution in [3.05, 3.63) is 63.3 Å². The van der Waals surface area contributed by atoms with Gasteiger partial charge in [0, 0.05) is 17.1 Å². The largest absolute Gasteiger partial charge is 0.478 e. The molecule has 5 rings (SSSR count). The van der Waals surface area contributed by atoms with Crippen LogP contribution in [0, 0.1) is 0 Å². The fourth-order valence-electron chi connectivity index (χ4n) is 4.39. The Balaban J connectivity index is 1.46. The summed E-state index contributed by atoms with van der Waals surface area (Å²) in [5, 5.41) is 0. The summed E-state index contributed by atoms with van der Waals surface area (Å²) in [6.45, 7) is 1.39. The van der Waals surface area contributed by atoms with E-state index in [1.54, 1.807) is 6.08 Å². The molecule has 3 aliphatic rings. The molecule has 2 aromatic carbocycles. The molecule has 2 aliphatic heterocycles. The number of ether oxygens (including phenoxy) is 2. The smallest absolute Gasteiger partial charge is 0.231 e. The van der Waals surface area contributed by atoms with Crippen LogP contribution >= 0.6 is 15.9 Å². The van der Waals surface area contributed by atoms with E-state index in [-0.39, 0.29) is 5.78 Å². The molecule has 0 radical (unpaired) electrons. The van der Waals surface area contributed by atoms with Crippen molar-refractivity contribution in [2.45, 2.75) is 44.7 Å². The van der Waals surface area contributed by atoms with Crippen molar-refractivity contribution >= 4 is 27.8 Å². The van der Waals surface area contributed by atoms with Crippen LogP contribution in [-0.4, -0.2) is 23.5 Å². The molecule has 0 amide bonds. The van der Waals surface area contributed by atoms with Crippen molar-refractivity contribution in [3.63, 3.8) is 0 Å². The van der Waals surface area contributed by atoms with Crippen LogP contribution in [0.4, 0.5) is 0 Å². The Morgan fingerprint density at radius 2 is 1.89 bits per heavy atom. The molecular weight excluding hydrogens is 418 g/mol. The third kappa shape index (κ3) is 3.16. The Hall–Kier alpha value is -2.11. The normalized spacial score (nSPS) is 21.2. The topological polar surface area (TPSA) is 38.8 Å². The number of hydrogen-bond acceptors (Lipinski definition) is 4. The van der Waals surface area contributed by atoms with Crippen molar-refractivity contribution in [1.29, 1.82) is 0 Å². The Labute approximate surface area is 173 Å². The second-order valence-corrected chi connectivity index (χ2v) is 8.55. The third-order valence-corrected chi connectivity index (χ3v) is 6.65. The number of Topliss-reactive ketones (excluding diaryl/α,β-unsaturated/α-hetero) is 1. The second-order valence-electron chi connectivity index (χ2n) is 7.69. The molecule has 2 heterocycles. The van der Waals surface area contributed by atoms with Crippen LogP contribution in [0.5, 0.6) is 11.5 Å². The van der Waals surface area contributed by atoms with Crippen LogP contribution in [0.3, 0.4) is 0 Å². The van der Waals surface area contributed by atoms with E-state index in [0.29, 0.717) is 29.8 Å². The molecule has 1 fully saturated rings. The van der Waals surface area contributed by atoms with Crippen molar-refractivity contribution in [3.8, 4) is 11.5 Å². The first-order chi connectivity index (χ1) is 13.7. The van der Waals surface area contributed by atoms with Gasteiger partial charge in [-0.3, -0.25) is 9.69 Å². The number of nitrogens with zero attached hydrogens (tertiary/aromatic N) is 1. The van der Waals surface area contributed by atoms with E-state index in [1.165, 1.54) is 32.1 Å². The van der Waals surface area contributed by atoms with E-state index >= 15 is 0 Å².